The maximum atomic E-state index is 2.40. The van der Waals surface area contributed by atoms with Crippen LogP contribution in [0.5, 0.6) is 0 Å². The fourth-order valence-electron chi connectivity index (χ4n) is 2.20. The molecule has 2 aliphatic rings. The van der Waals surface area contributed by atoms with E-state index < -0.39 is 0 Å². The molecule has 0 heterocycles. The summed E-state index contributed by atoms with van der Waals surface area (Å²) < 4.78 is 0. The van der Waals surface area contributed by atoms with Crippen LogP contribution in [-0.4, -0.2) is 0 Å². The molecule has 51 valence electrons. The lowest BCUT2D eigenvalue weighted by molar-refractivity contribution is 0.219. The van der Waals surface area contributed by atoms with Gasteiger partial charge in [0.1, 0.15) is 0 Å². The third-order valence-electron chi connectivity index (χ3n) is 3.04. The second-order valence-corrected chi connectivity index (χ2v) is 3.77. The molecule has 0 nitrogen and oxygen atoms in total. The summed E-state index contributed by atoms with van der Waals surface area (Å²) in [5.74, 6) is 4.00. The summed E-state index contributed by atoms with van der Waals surface area (Å²) >= 11 is 0. The molecule has 0 amide bonds. The largest absolute Gasteiger partial charge is 0.0625 e. The Kier molecular flexibility index (Phi) is 1.28. The molecule has 0 N–H and O–H groups in total. The molecule has 0 spiro atoms. The van der Waals surface area contributed by atoms with Crippen LogP contribution >= 0.6 is 0 Å². The summed E-state index contributed by atoms with van der Waals surface area (Å²) in [6.45, 7) is 2.40. The molecule has 0 aromatic carbocycles. The average molecular weight is 123 g/mol. The number of hydrogen-bond donors (Lipinski definition) is 0. The van der Waals surface area contributed by atoms with Crippen LogP contribution in [0.2, 0.25) is 0 Å². The maximum absolute atomic E-state index is 2.40. The molecule has 0 aromatic heterocycles. The summed E-state index contributed by atoms with van der Waals surface area (Å²) in [5.41, 5.74) is 0. The first-order valence-corrected chi connectivity index (χ1v) is 4.21. The van der Waals surface area contributed by atoms with Gasteiger partial charge in [-0.05, 0) is 43.4 Å². The van der Waals surface area contributed by atoms with Crippen molar-refractivity contribution >= 4 is 0 Å². The normalized spacial score (nSPS) is 43.7. The van der Waals surface area contributed by atoms with Gasteiger partial charge in [-0.1, -0.05) is 13.3 Å². The topological polar surface area (TPSA) is 0 Å². The minimum Gasteiger partial charge on any atom is -0.0625 e. The van der Waals surface area contributed by atoms with E-state index in [1.165, 1.54) is 32.1 Å². The van der Waals surface area contributed by atoms with Crippen LogP contribution in [0, 0.1) is 17.8 Å². The van der Waals surface area contributed by atoms with Gasteiger partial charge in [-0.15, -0.1) is 0 Å². The molecule has 0 heteroatoms. The van der Waals surface area contributed by atoms with E-state index in [0.717, 1.165) is 11.8 Å². The zero-order chi connectivity index (χ0) is 6.27. The van der Waals surface area contributed by atoms with Crippen LogP contribution in [0.1, 0.15) is 39.0 Å². The molecule has 9 heavy (non-hydrogen) atoms. The highest BCUT2D eigenvalue weighted by atomic mass is 14.4. The van der Waals surface area contributed by atoms with Gasteiger partial charge >= 0.3 is 0 Å². The molecule has 2 saturated carbocycles. The summed E-state index contributed by atoms with van der Waals surface area (Å²) in [7, 11) is 0. The quantitative estimate of drug-likeness (QED) is 0.464. The van der Waals surface area contributed by atoms with Crippen LogP contribution in [0.4, 0.5) is 0 Å². The van der Waals surface area contributed by atoms with Crippen LogP contribution in [0.25, 0.3) is 0 Å². The smallest absolute Gasteiger partial charge is 0.0210 e. The molecule has 2 atom stereocenters. The van der Waals surface area contributed by atoms with E-state index in [1.807, 2.05) is 5.92 Å². The first-order chi connectivity index (χ1) is 4.36. The lowest BCUT2D eigenvalue weighted by Gasteiger charge is -2.42. The molecular formula is C9H15. The summed E-state index contributed by atoms with van der Waals surface area (Å²) in [6, 6.07) is 0. The molecule has 2 rings (SSSR count). The van der Waals surface area contributed by atoms with Crippen LogP contribution in [-0.2, 0) is 0 Å². The summed E-state index contributed by atoms with van der Waals surface area (Å²) in [4.78, 5) is 0. The number of fused-ring (bicyclic) bond motifs is 1. The Hall–Kier alpha value is 0. The van der Waals surface area contributed by atoms with E-state index in [1.54, 1.807) is 0 Å². The first-order valence-electron chi connectivity index (χ1n) is 4.21. The van der Waals surface area contributed by atoms with Crippen molar-refractivity contribution in [3.05, 3.63) is 5.92 Å². The third kappa shape index (κ3) is 0.889. The minimum absolute atomic E-state index is 1.03. The van der Waals surface area contributed by atoms with Crippen LogP contribution < -0.4 is 0 Å². The van der Waals surface area contributed by atoms with Crippen molar-refractivity contribution in [3.8, 4) is 0 Å². The van der Waals surface area contributed by atoms with Gasteiger partial charge in [0.25, 0.3) is 0 Å². The molecule has 2 fully saturated rings. The fourth-order valence-corrected chi connectivity index (χ4v) is 2.20. The van der Waals surface area contributed by atoms with E-state index >= 15 is 0 Å². The van der Waals surface area contributed by atoms with Crippen molar-refractivity contribution in [2.75, 3.05) is 0 Å². The first kappa shape index (κ1) is 5.76. The van der Waals surface area contributed by atoms with Crippen molar-refractivity contribution < 1.29 is 0 Å². The monoisotopic (exact) mass is 123 g/mol. The van der Waals surface area contributed by atoms with E-state index in [9.17, 15) is 0 Å². The summed E-state index contributed by atoms with van der Waals surface area (Å²) in [5, 5.41) is 0. The van der Waals surface area contributed by atoms with E-state index in [-0.39, 0.29) is 0 Å². The van der Waals surface area contributed by atoms with Gasteiger partial charge in [0.2, 0.25) is 0 Å². The van der Waals surface area contributed by atoms with Gasteiger partial charge in [0.15, 0.2) is 0 Å². The zero-order valence-corrected chi connectivity index (χ0v) is 6.19. The third-order valence-corrected chi connectivity index (χ3v) is 3.04. The highest BCUT2D eigenvalue weighted by Gasteiger charge is 2.35. The summed E-state index contributed by atoms with van der Waals surface area (Å²) in [6.07, 6.45) is 7.43. The minimum atomic E-state index is 1.03. The molecular weight excluding hydrogens is 108 g/mol. The van der Waals surface area contributed by atoms with Gasteiger partial charge in [0, 0.05) is 0 Å². The van der Waals surface area contributed by atoms with Crippen LogP contribution in [0.3, 0.4) is 0 Å². The highest BCUT2D eigenvalue weighted by molar-refractivity contribution is 5.08. The van der Waals surface area contributed by atoms with Gasteiger partial charge in [-0.3, -0.25) is 0 Å². The molecule has 0 aromatic rings. The number of hydrogen-bond acceptors (Lipinski definition) is 0. The van der Waals surface area contributed by atoms with E-state index in [2.05, 4.69) is 6.92 Å². The van der Waals surface area contributed by atoms with Crippen LogP contribution in [0.15, 0.2) is 0 Å². The average Bonchev–Trinajstić information content (AvgIpc) is 1.78. The predicted octanol–water partition coefficient (Wildman–Crippen LogP) is 2.79. The van der Waals surface area contributed by atoms with Crippen molar-refractivity contribution in [1.82, 2.24) is 0 Å². The molecule has 0 bridgehead atoms. The Morgan fingerprint density at radius 1 is 1.22 bits per heavy atom. The molecule has 0 saturated heterocycles. The van der Waals surface area contributed by atoms with Gasteiger partial charge < -0.3 is 0 Å². The predicted molar refractivity (Wildman–Crippen MR) is 39.0 cm³/mol. The Balaban J connectivity index is 1.92. The Bertz CT molecular complexity index is 107. The van der Waals surface area contributed by atoms with Crippen molar-refractivity contribution in [3.63, 3.8) is 0 Å². The second-order valence-electron chi connectivity index (χ2n) is 3.77. The Morgan fingerprint density at radius 2 is 2.00 bits per heavy atom. The molecule has 2 unspecified atom stereocenters. The molecule has 1 radical (unpaired) electrons. The maximum Gasteiger partial charge on any atom is -0.0210 e. The van der Waals surface area contributed by atoms with E-state index in [0.29, 0.717) is 0 Å². The highest BCUT2D eigenvalue weighted by Crippen LogP contribution is 2.48. The lowest BCUT2D eigenvalue weighted by atomic mass is 9.63. The lowest BCUT2D eigenvalue weighted by Crippen LogP contribution is -2.29. The zero-order valence-electron chi connectivity index (χ0n) is 6.19. The van der Waals surface area contributed by atoms with Crippen molar-refractivity contribution in [2.45, 2.75) is 39.0 Å². The molecule has 2 aliphatic carbocycles. The SMILES string of the molecule is CC1CC[C]2CCC2C1. The van der Waals surface area contributed by atoms with Gasteiger partial charge in [-0.25, -0.2) is 0 Å². The van der Waals surface area contributed by atoms with Gasteiger partial charge in [-0.2, -0.15) is 0 Å². The van der Waals surface area contributed by atoms with Gasteiger partial charge in [0.05, 0.1) is 0 Å². The second kappa shape index (κ2) is 2.00. The fraction of sp³-hybridized carbons (Fsp3) is 0.889. The van der Waals surface area contributed by atoms with Crippen molar-refractivity contribution in [2.24, 2.45) is 11.8 Å². The standard InChI is InChI=1S/C9H15/c1-7-2-3-8-4-5-9(8)6-7/h7,9H,2-6H2,1H3. The molecule has 0 aliphatic heterocycles. The Morgan fingerprint density at radius 3 is 2.44 bits per heavy atom. The van der Waals surface area contributed by atoms with Crippen molar-refractivity contribution in [1.29, 1.82) is 0 Å². The van der Waals surface area contributed by atoms with E-state index in [4.69, 9.17) is 0 Å². The Labute approximate surface area is 57.6 Å². The number of rotatable bonds is 0.